The molecule has 0 aliphatic heterocycles. The summed E-state index contributed by atoms with van der Waals surface area (Å²) in [6, 6.07) is 4.33. The largest absolute Gasteiger partial charge is 0.421 e. The van der Waals surface area contributed by atoms with E-state index >= 15 is 0 Å². The summed E-state index contributed by atoms with van der Waals surface area (Å²) in [6.45, 7) is 3.84. The number of hydrogen-bond acceptors (Lipinski definition) is 3. The Morgan fingerprint density at radius 3 is 2.83 bits per heavy atom. The fraction of sp³-hybridized carbons (Fsp3) is 0.273. The molecule has 0 unspecified atom stereocenters. The molecule has 1 heterocycles. The molecule has 0 radical (unpaired) electrons. The molecule has 0 amide bonds. The van der Waals surface area contributed by atoms with E-state index in [-0.39, 0.29) is 17.8 Å². The van der Waals surface area contributed by atoms with E-state index in [9.17, 15) is 4.39 Å². The van der Waals surface area contributed by atoms with E-state index < -0.39 is 5.82 Å². The molecule has 2 rings (SSSR count). The Balaban J connectivity index is 2.36. The van der Waals surface area contributed by atoms with Crippen LogP contribution in [-0.2, 0) is 0 Å². The first-order chi connectivity index (χ1) is 8.47. The molecule has 0 fully saturated rings. The molecule has 0 atom stereocenters. The maximum atomic E-state index is 13.5. The summed E-state index contributed by atoms with van der Waals surface area (Å²) in [7, 11) is 0. The van der Waals surface area contributed by atoms with Gasteiger partial charge in [-0.1, -0.05) is 11.6 Å². The first kappa shape index (κ1) is 13.3. The van der Waals surface area contributed by atoms with Gasteiger partial charge in [0.1, 0.15) is 0 Å². The SMILES string of the molecule is CC(C)n1nc(Br)nc1Oc1cc(Cl)ccc1F. The Morgan fingerprint density at radius 2 is 2.17 bits per heavy atom. The number of rotatable bonds is 3. The van der Waals surface area contributed by atoms with Crippen molar-refractivity contribution >= 4 is 27.5 Å². The van der Waals surface area contributed by atoms with Crippen molar-refractivity contribution in [1.82, 2.24) is 14.8 Å². The van der Waals surface area contributed by atoms with Gasteiger partial charge in [0.25, 0.3) is 0 Å². The van der Waals surface area contributed by atoms with Crippen molar-refractivity contribution in [2.24, 2.45) is 0 Å². The van der Waals surface area contributed by atoms with Crippen LogP contribution in [0.1, 0.15) is 19.9 Å². The van der Waals surface area contributed by atoms with Crippen LogP contribution in [-0.4, -0.2) is 14.8 Å². The molecule has 0 spiro atoms. The highest BCUT2D eigenvalue weighted by molar-refractivity contribution is 9.10. The van der Waals surface area contributed by atoms with Gasteiger partial charge in [-0.2, -0.15) is 4.98 Å². The van der Waals surface area contributed by atoms with Gasteiger partial charge >= 0.3 is 6.01 Å². The maximum absolute atomic E-state index is 13.5. The third-order valence-electron chi connectivity index (χ3n) is 2.16. The number of nitrogens with zero attached hydrogens (tertiary/aromatic N) is 3. The minimum Gasteiger partial charge on any atom is -0.421 e. The molecule has 2 aromatic rings. The molecule has 0 aliphatic rings. The molecule has 0 saturated carbocycles. The molecule has 96 valence electrons. The molecular weight excluding hydrogens is 324 g/mol. The zero-order chi connectivity index (χ0) is 13.3. The van der Waals surface area contributed by atoms with Crippen LogP contribution in [0.25, 0.3) is 0 Å². The highest BCUT2D eigenvalue weighted by Crippen LogP contribution is 2.28. The first-order valence-corrected chi connectivity index (χ1v) is 6.39. The second-order valence-corrected chi connectivity index (χ2v) is 5.02. The summed E-state index contributed by atoms with van der Waals surface area (Å²) < 4.78 is 20.9. The third kappa shape index (κ3) is 2.81. The number of aromatic nitrogens is 3. The van der Waals surface area contributed by atoms with Crippen molar-refractivity contribution in [3.05, 3.63) is 33.8 Å². The maximum Gasteiger partial charge on any atom is 0.321 e. The normalized spacial score (nSPS) is 11.0. The highest BCUT2D eigenvalue weighted by Gasteiger charge is 2.15. The van der Waals surface area contributed by atoms with E-state index in [1.54, 1.807) is 4.68 Å². The van der Waals surface area contributed by atoms with Crippen LogP contribution in [0.5, 0.6) is 11.8 Å². The fourth-order valence-corrected chi connectivity index (χ4v) is 1.83. The van der Waals surface area contributed by atoms with Crippen molar-refractivity contribution < 1.29 is 9.13 Å². The van der Waals surface area contributed by atoms with Crippen molar-refractivity contribution in [1.29, 1.82) is 0 Å². The van der Waals surface area contributed by atoms with Crippen molar-refractivity contribution in [2.75, 3.05) is 0 Å². The Morgan fingerprint density at radius 1 is 1.44 bits per heavy atom. The number of ether oxygens (including phenoxy) is 1. The average Bonchev–Trinajstić information content (AvgIpc) is 2.65. The van der Waals surface area contributed by atoms with Gasteiger partial charge in [-0.05, 0) is 41.9 Å². The van der Waals surface area contributed by atoms with E-state index in [4.69, 9.17) is 16.3 Å². The Labute approximate surface area is 117 Å². The molecule has 0 bridgehead atoms. The van der Waals surface area contributed by atoms with Gasteiger partial charge in [0, 0.05) is 11.1 Å². The second-order valence-electron chi connectivity index (χ2n) is 3.88. The van der Waals surface area contributed by atoms with E-state index in [0.717, 1.165) is 0 Å². The molecule has 0 aliphatic carbocycles. The zero-order valence-corrected chi connectivity index (χ0v) is 12.0. The Bertz CT molecular complexity index is 573. The molecule has 1 aromatic carbocycles. The molecule has 18 heavy (non-hydrogen) atoms. The minimum atomic E-state index is -0.506. The molecule has 4 nitrogen and oxygen atoms in total. The van der Waals surface area contributed by atoms with E-state index in [1.165, 1.54) is 18.2 Å². The van der Waals surface area contributed by atoms with E-state index in [2.05, 4.69) is 26.0 Å². The van der Waals surface area contributed by atoms with Crippen molar-refractivity contribution in [2.45, 2.75) is 19.9 Å². The number of halogens is 3. The summed E-state index contributed by atoms with van der Waals surface area (Å²) in [4.78, 5) is 4.03. The third-order valence-corrected chi connectivity index (χ3v) is 2.73. The lowest BCUT2D eigenvalue weighted by atomic mass is 10.3. The second kappa shape index (κ2) is 5.24. The summed E-state index contributed by atoms with van der Waals surface area (Å²) >= 11 is 8.95. The minimum absolute atomic E-state index is 0.0179. The quantitative estimate of drug-likeness (QED) is 0.844. The van der Waals surface area contributed by atoms with Crippen molar-refractivity contribution in [3.8, 4) is 11.8 Å². The van der Waals surface area contributed by atoms with Crippen molar-refractivity contribution in [3.63, 3.8) is 0 Å². The van der Waals surface area contributed by atoms with E-state index in [1.807, 2.05) is 13.8 Å². The lowest BCUT2D eigenvalue weighted by Crippen LogP contribution is -2.05. The summed E-state index contributed by atoms with van der Waals surface area (Å²) in [5.41, 5.74) is 0. The van der Waals surface area contributed by atoms with Crippen LogP contribution >= 0.6 is 27.5 Å². The Hall–Kier alpha value is -1.14. The summed E-state index contributed by atoms with van der Waals surface area (Å²) in [5.74, 6) is -0.488. The zero-order valence-electron chi connectivity index (χ0n) is 9.69. The first-order valence-electron chi connectivity index (χ1n) is 5.22. The highest BCUT2D eigenvalue weighted by atomic mass is 79.9. The predicted molar refractivity (Wildman–Crippen MR) is 69.6 cm³/mol. The average molecular weight is 335 g/mol. The monoisotopic (exact) mass is 333 g/mol. The van der Waals surface area contributed by atoms with Gasteiger partial charge in [-0.15, -0.1) is 5.10 Å². The topological polar surface area (TPSA) is 39.9 Å². The van der Waals surface area contributed by atoms with Gasteiger partial charge < -0.3 is 4.74 Å². The fourth-order valence-electron chi connectivity index (χ4n) is 1.34. The van der Waals surface area contributed by atoms with Gasteiger partial charge in [0.2, 0.25) is 4.73 Å². The van der Waals surface area contributed by atoms with Crippen LogP contribution < -0.4 is 4.74 Å². The number of benzene rings is 1. The summed E-state index contributed by atoms with van der Waals surface area (Å²) in [6.07, 6.45) is 0. The van der Waals surface area contributed by atoms with Crippen LogP contribution in [0, 0.1) is 5.82 Å². The lowest BCUT2D eigenvalue weighted by molar-refractivity contribution is 0.360. The van der Waals surface area contributed by atoms with Crippen LogP contribution in [0.4, 0.5) is 4.39 Å². The van der Waals surface area contributed by atoms with Gasteiger partial charge in [0.15, 0.2) is 11.6 Å². The van der Waals surface area contributed by atoms with Crippen LogP contribution in [0.2, 0.25) is 5.02 Å². The standard InChI is InChI=1S/C11H10BrClFN3O/c1-6(2)17-11(15-10(12)16-17)18-9-5-7(13)3-4-8(9)14/h3-6H,1-2H3. The van der Waals surface area contributed by atoms with Gasteiger partial charge in [-0.25, -0.2) is 9.07 Å². The molecule has 0 saturated heterocycles. The van der Waals surface area contributed by atoms with Crippen LogP contribution in [0.15, 0.2) is 22.9 Å². The molecule has 7 heteroatoms. The predicted octanol–water partition coefficient (Wildman–Crippen LogP) is 4.21. The molecule has 0 N–H and O–H groups in total. The smallest absolute Gasteiger partial charge is 0.321 e. The van der Waals surface area contributed by atoms with Gasteiger partial charge in [0.05, 0.1) is 6.04 Å². The van der Waals surface area contributed by atoms with Gasteiger partial charge in [-0.3, -0.25) is 0 Å². The van der Waals surface area contributed by atoms with E-state index in [0.29, 0.717) is 9.76 Å². The van der Waals surface area contributed by atoms with Crippen LogP contribution in [0.3, 0.4) is 0 Å². The molecular formula is C11H10BrClFN3O. The number of hydrogen-bond donors (Lipinski definition) is 0. The summed E-state index contributed by atoms with van der Waals surface area (Å²) in [5, 5.41) is 4.49. The Kier molecular flexibility index (Phi) is 3.87. The molecule has 1 aromatic heterocycles. The lowest BCUT2D eigenvalue weighted by Gasteiger charge is -2.10.